The molecule has 0 saturated carbocycles. The van der Waals surface area contributed by atoms with Crippen LogP contribution < -0.4 is 5.32 Å². The SMILES string of the molecule is CC(O)c1cn(CC(=O)NCCCc2cccc(F)c2)nn1. The second kappa shape index (κ2) is 7.65. The van der Waals surface area contributed by atoms with E-state index in [1.807, 2.05) is 6.07 Å². The molecule has 22 heavy (non-hydrogen) atoms. The van der Waals surface area contributed by atoms with Gasteiger partial charge in [-0.2, -0.15) is 0 Å². The summed E-state index contributed by atoms with van der Waals surface area (Å²) in [5, 5.41) is 19.6. The van der Waals surface area contributed by atoms with Gasteiger partial charge in [0.2, 0.25) is 5.91 Å². The Labute approximate surface area is 128 Å². The average Bonchev–Trinajstić information content (AvgIpc) is 2.92. The summed E-state index contributed by atoms with van der Waals surface area (Å²) in [7, 11) is 0. The summed E-state index contributed by atoms with van der Waals surface area (Å²) in [5.74, 6) is -0.428. The van der Waals surface area contributed by atoms with Crippen LogP contribution in [0.4, 0.5) is 4.39 Å². The Hall–Kier alpha value is -2.28. The van der Waals surface area contributed by atoms with Crippen LogP contribution in [0, 0.1) is 5.82 Å². The van der Waals surface area contributed by atoms with Crippen molar-refractivity contribution >= 4 is 5.91 Å². The largest absolute Gasteiger partial charge is 0.387 e. The monoisotopic (exact) mass is 306 g/mol. The van der Waals surface area contributed by atoms with Gasteiger partial charge >= 0.3 is 0 Å². The van der Waals surface area contributed by atoms with E-state index in [-0.39, 0.29) is 18.3 Å². The summed E-state index contributed by atoms with van der Waals surface area (Å²) in [6, 6.07) is 6.44. The lowest BCUT2D eigenvalue weighted by Crippen LogP contribution is -2.28. The smallest absolute Gasteiger partial charge is 0.241 e. The van der Waals surface area contributed by atoms with E-state index >= 15 is 0 Å². The van der Waals surface area contributed by atoms with Crippen molar-refractivity contribution in [2.24, 2.45) is 0 Å². The van der Waals surface area contributed by atoms with Gasteiger partial charge in [0.05, 0.1) is 12.3 Å². The predicted octanol–water partition coefficient (Wildman–Crippen LogP) is 1.22. The molecule has 6 nitrogen and oxygen atoms in total. The Balaban J connectivity index is 1.69. The van der Waals surface area contributed by atoms with Crippen molar-refractivity contribution in [1.82, 2.24) is 20.3 Å². The maximum Gasteiger partial charge on any atom is 0.241 e. The van der Waals surface area contributed by atoms with Crippen molar-refractivity contribution in [1.29, 1.82) is 0 Å². The van der Waals surface area contributed by atoms with E-state index in [0.717, 1.165) is 12.0 Å². The fraction of sp³-hybridized carbons (Fsp3) is 0.400. The van der Waals surface area contributed by atoms with Crippen LogP contribution in [0.5, 0.6) is 0 Å². The molecule has 1 heterocycles. The van der Waals surface area contributed by atoms with E-state index in [1.54, 1.807) is 13.0 Å². The number of aryl methyl sites for hydroxylation is 1. The zero-order valence-corrected chi connectivity index (χ0v) is 12.4. The van der Waals surface area contributed by atoms with Crippen molar-refractivity contribution in [3.05, 3.63) is 47.5 Å². The fourth-order valence-corrected chi connectivity index (χ4v) is 2.00. The number of aliphatic hydroxyl groups is 1. The molecule has 2 rings (SSSR count). The zero-order chi connectivity index (χ0) is 15.9. The third-order valence-electron chi connectivity index (χ3n) is 3.14. The Morgan fingerprint density at radius 3 is 3.00 bits per heavy atom. The van der Waals surface area contributed by atoms with Crippen molar-refractivity contribution in [3.63, 3.8) is 0 Å². The molecular weight excluding hydrogens is 287 g/mol. The molecule has 2 N–H and O–H groups in total. The van der Waals surface area contributed by atoms with Gasteiger partial charge in [0, 0.05) is 6.54 Å². The number of carbonyl (C=O) groups excluding carboxylic acids is 1. The predicted molar refractivity (Wildman–Crippen MR) is 78.4 cm³/mol. The molecule has 1 aromatic heterocycles. The number of amides is 1. The van der Waals surface area contributed by atoms with Crippen molar-refractivity contribution in [2.75, 3.05) is 6.54 Å². The summed E-state index contributed by atoms with van der Waals surface area (Å²) in [6.45, 7) is 2.15. The maximum atomic E-state index is 13.0. The molecule has 0 fully saturated rings. The van der Waals surface area contributed by atoms with Gasteiger partial charge in [-0.15, -0.1) is 5.10 Å². The van der Waals surface area contributed by atoms with E-state index in [0.29, 0.717) is 18.7 Å². The Morgan fingerprint density at radius 1 is 1.50 bits per heavy atom. The van der Waals surface area contributed by atoms with E-state index in [4.69, 9.17) is 0 Å². The summed E-state index contributed by atoms with van der Waals surface area (Å²) in [5.41, 5.74) is 1.34. The minimum atomic E-state index is -0.705. The van der Waals surface area contributed by atoms with Gasteiger partial charge in [0.1, 0.15) is 18.1 Å². The number of aliphatic hydroxyl groups excluding tert-OH is 1. The molecule has 1 atom stereocenters. The van der Waals surface area contributed by atoms with Crippen LogP contribution in [0.25, 0.3) is 0 Å². The first-order chi connectivity index (χ1) is 10.5. The van der Waals surface area contributed by atoms with Crippen LogP contribution in [0.1, 0.15) is 30.7 Å². The molecule has 1 amide bonds. The molecule has 0 spiro atoms. The molecule has 1 unspecified atom stereocenters. The number of hydrogen-bond donors (Lipinski definition) is 2. The van der Waals surface area contributed by atoms with Gasteiger partial charge in [-0.1, -0.05) is 17.3 Å². The minimum Gasteiger partial charge on any atom is -0.387 e. The summed E-state index contributed by atoms with van der Waals surface area (Å²) in [4.78, 5) is 11.7. The van der Waals surface area contributed by atoms with Crippen LogP contribution in [0.15, 0.2) is 30.5 Å². The average molecular weight is 306 g/mol. The third-order valence-corrected chi connectivity index (χ3v) is 3.14. The molecule has 0 radical (unpaired) electrons. The topological polar surface area (TPSA) is 80.0 Å². The Morgan fingerprint density at radius 2 is 2.32 bits per heavy atom. The molecule has 0 aliphatic carbocycles. The highest BCUT2D eigenvalue weighted by molar-refractivity contribution is 5.75. The van der Waals surface area contributed by atoms with Gasteiger partial charge in [0.25, 0.3) is 0 Å². The normalized spacial score (nSPS) is 12.1. The fourth-order valence-electron chi connectivity index (χ4n) is 2.00. The second-order valence-corrected chi connectivity index (χ2v) is 5.10. The van der Waals surface area contributed by atoms with Crippen molar-refractivity contribution < 1.29 is 14.3 Å². The Bertz CT molecular complexity index is 628. The molecule has 1 aromatic carbocycles. The second-order valence-electron chi connectivity index (χ2n) is 5.10. The number of halogens is 1. The lowest BCUT2D eigenvalue weighted by molar-refractivity contribution is -0.121. The van der Waals surface area contributed by atoms with Gasteiger partial charge in [-0.25, -0.2) is 9.07 Å². The Kier molecular flexibility index (Phi) is 5.60. The van der Waals surface area contributed by atoms with Gasteiger partial charge in [0.15, 0.2) is 0 Å². The molecule has 7 heteroatoms. The number of benzene rings is 1. The number of carbonyl (C=O) groups is 1. The summed E-state index contributed by atoms with van der Waals surface area (Å²) in [6.07, 6.45) is 2.26. The zero-order valence-electron chi connectivity index (χ0n) is 12.4. The molecule has 0 aliphatic heterocycles. The van der Waals surface area contributed by atoms with Crippen LogP contribution in [-0.4, -0.2) is 32.6 Å². The minimum absolute atomic E-state index is 0.0552. The van der Waals surface area contributed by atoms with Crippen molar-refractivity contribution in [2.45, 2.75) is 32.4 Å². The first-order valence-corrected chi connectivity index (χ1v) is 7.14. The number of rotatable bonds is 7. The molecule has 0 bridgehead atoms. The lowest BCUT2D eigenvalue weighted by Gasteiger charge is -2.05. The highest BCUT2D eigenvalue weighted by atomic mass is 19.1. The number of nitrogens with zero attached hydrogens (tertiary/aromatic N) is 3. The highest BCUT2D eigenvalue weighted by Crippen LogP contribution is 2.06. The third kappa shape index (κ3) is 4.92. The standard InChI is InChI=1S/C15H19FN4O2/c1-11(21)14-9-20(19-18-14)10-15(22)17-7-3-5-12-4-2-6-13(16)8-12/h2,4,6,8-9,11,21H,3,5,7,10H2,1H3,(H,17,22). The van der Waals surface area contributed by atoms with Crippen LogP contribution in [-0.2, 0) is 17.8 Å². The van der Waals surface area contributed by atoms with Gasteiger partial charge in [-0.05, 0) is 37.5 Å². The molecule has 0 aliphatic rings. The van der Waals surface area contributed by atoms with Gasteiger partial charge in [-0.3, -0.25) is 4.79 Å². The maximum absolute atomic E-state index is 13.0. The van der Waals surface area contributed by atoms with E-state index in [9.17, 15) is 14.3 Å². The first-order valence-electron chi connectivity index (χ1n) is 7.14. The number of aromatic nitrogens is 3. The summed E-state index contributed by atoms with van der Waals surface area (Å²) >= 11 is 0. The lowest BCUT2D eigenvalue weighted by atomic mass is 10.1. The van der Waals surface area contributed by atoms with Crippen LogP contribution in [0.3, 0.4) is 0 Å². The number of nitrogens with one attached hydrogen (secondary N) is 1. The molecule has 2 aromatic rings. The first kappa shape index (κ1) is 16.1. The van der Waals surface area contributed by atoms with E-state index in [2.05, 4.69) is 15.6 Å². The van der Waals surface area contributed by atoms with Gasteiger partial charge < -0.3 is 10.4 Å². The quantitative estimate of drug-likeness (QED) is 0.754. The number of hydrogen-bond acceptors (Lipinski definition) is 4. The molecule has 118 valence electrons. The highest BCUT2D eigenvalue weighted by Gasteiger charge is 2.08. The molecule has 0 saturated heterocycles. The van der Waals surface area contributed by atoms with Crippen LogP contribution >= 0.6 is 0 Å². The van der Waals surface area contributed by atoms with E-state index in [1.165, 1.54) is 23.0 Å². The van der Waals surface area contributed by atoms with Crippen LogP contribution in [0.2, 0.25) is 0 Å². The summed E-state index contributed by atoms with van der Waals surface area (Å²) < 4.78 is 14.4. The van der Waals surface area contributed by atoms with Crippen molar-refractivity contribution in [3.8, 4) is 0 Å². The molecular formula is C15H19FN4O2. The van der Waals surface area contributed by atoms with E-state index < -0.39 is 6.10 Å².